The second-order valence-electron chi connectivity index (χ2n) is 5.26. The molecule has 1 aromatic rings. The van der Waals surface area contributed by atoms with Crippen LogP contribution >= 0.6 is 0 Å². The van der Waals surface area contributed by atoms with Gasteiger partial charge in [0.15, 0.2) is 0 Å². The molecule has 112 valence electrons. The lowest BCUT2D eigenvalue weighted by Crippen LogP contribution is -2.54. The number of rotatable bonds is 1. The average molecular weight is 296 g/mol. The van der Waals surface area contributed by atoms with Crippen molar-refractivity contribution in [2.75, 3.05) is 10.2 Å². The first-order valence-corrected chi connectivity index (χ1v) is 6.94. The molecule has 1 N–H and O–H groups in total. The molecule has 0 radical (unpaired) electrons. The van der Waals surface area contributed by atoms with Gasteiger partial charge >= 0.3 is 6.30 Å². The third-order valence-corrected chi connectivity index (χ3v) is 3.86. The second-order valence-corrected chi connectivity index (χ2v) is 5.26. The van der Waals surface area contributed by atoms with E-state index in [2.05, 4.69) is 5.32 Å². The first-order valence-electron chi connectivity index (χ1n) is 6.94. The normalized spacial score (nSPS) is 22.4. The minimum Gasteiger partial charge on any atom is -0.369 e. The molecule has 0 aromatic heterocycles. The number of halogens is 3. The van der Waals surface area contributed by atoms with Crippen LogP contribution in [0.25, 0.3) is 0 Å². The number of para-hydroxylation sites is 2. The average Bonchev–Trinajstić information content (AvgIpc) is 2.46. The molecule has 0 bridgehead atoms. The van der Waals surface area contributed by atoms with Crippen molar-refractivity contribution in [2.24, 2.45) is 0 Å². The van der Waals surface area contributed by atoms with Crippen LogP contribution < -0.4 is 10.2 Å². The smallest absolute Gasteiger partial charge is 0.369 e. The van der Waals surface area contributed by atoms with Crippen LogP contribution in [-0.2, 0) is 4.79 Å². The first kappa shape index (κ1) is 14.0. The maximum atomic E-state index is 13.3. The lowest BCUT2D eigenvalue weighted by molar-refractivity contribution is -0.150. The van der Waals surface area contributed by atoms with Gasteiger partial charge < -0.3 is 5.32 Å². The summed E-state index contributed by atoms with van der Waals surface area (Å²) in [6, 6.07) is 5.10. The fraction of sp³-hybridized carbons (Fsp3) is 0.400. The van der Waals surface area contributed by atoms with Gasteiger partial charge in [0.25, 0.3) is 5.91 Å². The van der Waals surface area contributed by atoms with E-state index in [-0.39, 0.29) is 10.6 Å². The number of benzene rings is 1. The highest BCUT2D eigenvalue weighted by Gasteiger charge is 2.48. The number of carbonyl (C=O) groups is 1. The van der Waals surface area contributed by atoms with Crippen LogP contribution in [-0.4, -0.2) is 18.2 Å². The molecule has 2 aliphatic rings. The molecule has 0 saturated carbocycles. The summed E-state index contributed by atoms with van der Waals surface area (Å²) in [7, 11) is 0. The molecular formula is C15H15F3N2O. The number of nitrogens with one attached hydrogen (secondary N) is 1. The van der Waals surface area contributed by atoms with Crippen LogP contribution in [0.1, 0.15) is 25.7 Å². The summed E-state index contributed by atoms with van der Waals surface area (Å²) in [6.45, 7) is 0. The number of alkyl halides is 3. The van der Waals surface area contributed by atoms with Crippen molar-refractivity contribution in [1.29, 1.82) is 0 Å². The number of anilines is 2. The van der Waals surface area contributed by atoms with Crippen LogP contribution in [0.4, 0.5) is 24.5 Å². The highest BCUT2D eigenvalue weighted by Crippen LogP contribution is 2.40. The summed E-state index contributed by atoms with van der Waals surface area (Å²) in [5, 5.41) is 2.96. The van der Waals surface area contributed by atoms with E-state index in [1.807, 2.05) is 6.08 Å². The topological polar surface area (TPSA) is 32.3 Å². The maximum Gasteiger partial charge on any atom is 0.491 e. The minimum absolute atomic E-state index is 0.0427. The molecule has 6 heteroatoms. The fourth-order valence-electron chi connectivity index (χ4n) is 2.89. The molecular weight excluding hydrogens is 281 g/mol. The number of nitrogens with zero attached hydrogens (tertiary/aromatic N) is 1. The van der Waals surface area contributed by atoms with Crippen molar-refractivity contribution in [1.82, 2.24) is 0 Å². The highest BCUT2D eigenvalue weighted by molar-refractivity contribution is 6.07. The standard InChI is InChI=1S/C15H15F3N2O/c16-15(17,18)20-12-9-5-4-8-11(12)19-13(14(20)21)10-6-2-1-3-7-10/h4-6,8-9,13,19H,1-3,7H2. The third kappa shape index (κ3) is 2.50. The maximum absolute atomic E-state index is 13.3. The Hall–Kier alpha value is -1.98. The van der Waals surface area contributed by atoms with Gasteiger partial charge in [-0.25, -0.2) is 4.90 Å². The fourth-order valence-corrected chi connectivity index (χ4v) is 2.89. The summed E-state index contributed by atoms with van der Waals surface area (Å²) in [6.07, 6.45) is 0.574. The number of fused-ring (bicyclic) bond motifs is 1. The number of hydrogen-bond acceptors (Lipinski definition) is 2. The molecule has 1 unspecified atom stereocenters. The molecule has 1 aliphatic carbocycles. The molecule has 0 saturated heterocycles. The third-order valence-electron chi connectivity index (χ3n) is 3.86. The number of amides is 1. The van der Waals surface area contributed by atoms with E-state index in [1.54, 1.807) is 12.1 Å². The predicted octanol–water partition coefficient (Wildman–Crippen LogP) is 3.83. The summed E-state index contributed by atoms with van der Waals surface area (Å²) < 4.78 is 39.8. The molecule has 1 aliphatic heterocycles. The van der Waals surface area contributed by atoms with Gasteiger partial charge in [-0.1, -0.05) is 18.2 Å². The van der Waals surface area contributed by atoms with Crippen LogP contribution in [0.3, 0.4) is 0 Å². The molecule has 3 nitrogen and oxygen atoms in total. The van der Waals surface area contributed by atoms with Gasteiger partial charge in [-0.2, -0.15) is 0 Å². The SMILES string of the molecule is O=C1C(C2=CCCCC2)Nc2ccccc2N1C(F)(F)F. The first-order chi connectivity index (χ1) is 9.98. The van der Waals surface area contributed by atoms with Gasteiger partial charge in [0, 0.05) is 0 Å². The Morgan fingerprint density at radius 3 is 2.62 bits per heavy atom. The van der Waals surface area contributed by atoms with Crippen molar-refractivity contribution in [3.63, 3.8) is 0 Å². The van der Waals surface area contributed by atoms with Gasteiger partial charge in [-0.15, -0.1) is 13.2 Å². The van der Waals surface area contributed by atoms with E-state index in [0.717, 1.165) is 24.8 Å². The number of allylic oxidation sites excluding steroid dienone is 1. The van der Waals surface area contributed by atoms with Gasteiger partial charge in [0.2, 0.25) is 0 Å². The number of carbonyl (C=O) groups excluding carboxylic acids is 1. The Bertz CT molecular complexity index is 595. The zero-order chi connectivity index (χ0) is 15.0. The molecule has 3 rings (SSSR count). The van der Waals surface area contributed by atoms with E-state index in [4.69, 9.17) is 0 Å². The van der Waals surface area contributed by atoms with Crippen molar-refractivity contribution >= 4 is 17.3 Å². The van der Waals surface area contributed by atoms with Crippen molar-refractivity contribution in [3.05, 3.63) is 35.9 Å². The summed E-state index contributed by atoms with van der Waals surface area (Å²) in [4.78, 5) is 12.3. The van der Waals surface area contributed by atoms with Crippen LogP contribution in [0, 0.1) is 0 Å². The predicted molar refractivity (Wildman–Crippen MR) is 73.9 cm³/mol. The van der Waals surface area contributed by atoms with Crippen LogP contribution in [0.15, 0.2) is 35.9 Å². The summed E-state index contributed by atoms with van der Waals surface area (Å²) in [5.41, 5.74) is 0.962. The molecule has 1 aromatic carbocycles. The lowest BCUT2D eigenvalue weighted by Gasteiger charge is -2.37. The molecule has 0 spiro atoms. The molecule has 21 heavy (non-hydrogen) atoms. The van der Waals surface area contributed by atoms with Crippen LogP contribution in [0.5, 0.6) is 0 Å². The Morgan fingerprint density at radius 1 is 1.19 bits per heavy atom. The molecule has 1 amide bonds. The Labute approximate surface area is 120 Å². The zero-order valence-electron chi connectivity index (χ0n) is 11.3. The van der Waals surface area contributed by atoms with Crippen molar-refractivity contribution in [2.45, 2.75) is 38.0 Å². The summed E-state index contributed by atoms with van der Waals surface area (Å²) in [5.74, 6) is -0.950. The van der Waals surface area contributed by atoms with E-state index < -0.39 is 18.2 Å². The minimum atomic E-state index is -4.72. The van der Waals surface area contributed by atoms with Crippen LogP contribution in [0.2, 0.25) is 0 Å². The molecule has 1 atom stereocenters. The Morgan fingerprint density at radius 2 is 1.95 bits per heavy atom. The quantitative estimate of drug-likeness (QED) is 0.631. The van der Waals surface area contributed by atoms with Gasteiger partial charge in [-0.05, 0) is 43.4 Å². The monoisotopic (exact) mass is 296 g/mol. The van der Waals surface area contributed by atoms with E-state index in [9.17, 15) is 18.0 Å². The van der Waals surface area contributed by atoms with E-state index in [1.165, 1.54) is 12.1 Å². The summed E-state index contributed by atoms with van der Waals surface area (Å²) >= 11 is 0. The Kier molecular flexibility index (Phi) is 3.39. The zero-order valence-corrected chi connectivity index (χ0v) is 11.3. The number of hydrogen-bond donors (Lipinski definition) is 1. The van der Waals surface area contributed by atoms with E-state index >= 15 is 0 Å². The van der Waals surface area contributed by atoms with Gasteiger partial charge in [0.1, 0.15) is 6.04 Å². The Balaban J connectivity index is 2.04. The van der Waals surface area contributed by atoms with Crippen molar-refractivity contribution in [3.8, 4) is 0 Å². The lowest BCUT2D eigenvalue weighted by atomic mass is 9.91. The largest absolute Gasteiger partial charge is 0.491 e. The molecule has 1 heterocycles. The van der Waals surface area contributed by atoms with E-state index in [0.29, 0.717) is 12.1 Å². The second kappa shape index (κ2) is 5.09. The molecule has 0 fully saturated rings. The van der Waals surface area contributed by atoms with Crippen molar-refractivity contribution < 1.29 is 18.0 Å². The van der Waals surface area contributed by atoms with Gasteiger partial charge in [-0.3, -0.25) is 4.79 Å². The van der Waals surface area contributed by atoms with Gasteiger partial charge in [0.05, 0.1) is 11.4 Å². The highest BCUT2D eigenvalue weighted by atomic mass is 19.4.